The van der Waals surface area contributed by atoms with Crippen LogP contribution in [0.2, 0.25) is 5.02 Å². The molecule has 1 aromatic rings. The largest absolute Gasteiger partial charge is 0.299 e. The van der Waals surface area contributed by atoms with Gasteiger partial charge in [-0.2, -0.15) is 5.10 Å². The summed E-state index contributed by atoms with van der Waals surface area (Å²) in [7, 11) is 1.85. The Bertz CT molecular complexity index is 459. The molecule has 3 nitrogen and oxygen atoms in total. The van der Waals surface area contributed by atoms with Crippen LogP contribution in [0, 0.1) is 12.3 Å². The predicted octanol–water partition coefficient (Wildman–Crippen LogP) is 3.46. The standard InChI is InChI=1S/C14H21ClN2O/c1-10-13(15)11(17(3)16-10)9-12(18)14(2)7-5-4-6-8-14/h4-9H2,1-3H3. The molecule has 1 aliphatic rings. The van der Waals surface area contributed by atoms with Crippen molar-refractivity contribution in [2.75, 3.05) is 0 Å². The number of aryl methyl sites for hydroxylation is 2. The fraction of sp³-hybridized carbons (Fsp3) is 0.714. The van der Waals surface area contributed by atoms with Crippen molar-refractivity contribution < 1.29 is 4.79 Å². The lowest BCUT2D eigenvalue weighted by Crippen LogP contribution is -2.32. The van der Waals surface area contributed by atoms with Crippen LogP contribution in [0.15, 0.2) is 0 Å². The summed E-state index contributed by atoms with van der Waals surface area (Å²) in [4.78, 5) is 12.5. The molecule has 1 heterocycles. The van der Waals surface area contributed by atoms with Crippen LogP contribution in [-0.2, 0) is 18.3 Å². The molecule has 1 aliphatic carbocycles. The molecule has 18 heavy (non-hydrogen) atoms. The molecule has 1 fully saturated rings. The Morgan fingerprint density at radius 2 is 2.00 bits per heavy atom. The summed E-state index contributed by atoms with van der Waals surface area (Å²) < 4.78 is 1.74. The molecule has 100 valence electrons. The van der Waals surface area contributed by atoms with Crippen molar-refractivity contribution in [3.05, 3.63) is 16.4 Å². The smallest absolute Gasteiger partial charge is 0.144 e. The van der Waals surface area contributed by atoms with E-state index in [1.807, 2.05) is 14.0 Å². The molecule has 0 N–H and O–H groups in total. The van der Waals surface area contributed by atoms with Gasteiger partial charge in [0.05, 0.1) is 22.8 Å². The molecular formula is C14H21ClN2O. The van der Waals surface area contributed by atoms with E-state index in [-0.39, 0.29) is 5.41 Å². The number of ketones is 1. The maximum Gasteiger partial charge on any atom is 0.144 e. The van der Waals surface area contributed by atoms with E-state index in [2.05, 4.69) is 12.0 Å². The lowest BCUT2D eigenvalue weighted by molar-refractivity contribution is -0.129. The molecule has 0 amide bonds. The number of hydrogen-bond donors (Lipinski definition) is 0. The van der Waals surface area contributed by atoms with Crippen LogP contribution in [0.5, 0.6) is 0 Å². The summed E-state index contributed by atoms with van der Waals surface area (Å²) >= 11 is 6.21. The number of carbonyl (C=O) groups is 1. The topological polar surface area (TPSA) is 34.9 Å². The van der Waals surface area contributed by atoms with Crippen molar-refractivity contribution in [3.8, 4) is 0 Å². The molecule has 0 aliphatic heterocycles. The molecule has 0 aromatic carbocycles. The number of carbonyl (C=O) groups excluding carboxylic acids is 1. The summed E-state index contributed by atoms with van der Waals surface area (Å²) in [6, 6.07) is 0. The minimum Gasteiger partial charge on any atom is -0.299 e. The fourth-order valence-corrected chi connectivity index (χ4v) is 3.08. The molecule has 1 aromatic heterocycles. The number of aromatic nitrogens is 2. The highest BCUT2D eigenvalue weighted by atomic mass is 35.5. The van der Waals surface area contributed by atoms with Crippen LogP contribution in [0.4, 0.5) is 0 Å². The summed E-state index contributed by atoms with van der Waals surface area (Å²) in [5.74, 6) is 0.312. The van der Waals surface area contributed by atoms with Gasteiger partial charge >= 0.3 is 0 Å². The molecule has 0 saturated heterocycles. The second-order valence-corrected chi connectivity index (χ2v) is 6.07. The second kappa shape index (κ2) is 5.04. The fourth-order valence-electron chi connectivity index (χ4n) is 2.85. The van der Waals surface area contributed by atoms with Gasteiger partial charge in [0.25, 0.3) is 0 Å². The SMILES string of the molecule is Cc1nn(C)c(CC(=O)C2(C)CCCCC2)c1Cl. The Morgan fingerprint density at radius 3 is 2.50 bits per heavy atom. The lowest BCUT2D eigenvalue weighted by Gasteiger charge is -2.32. The summed E-state index contributed by atoms with van der Waals surface area (Å²) in [5, 5.41) is 4.91. The first-order valence-corrected chi connectivity index (χ1v) is 7.03. The third-order valence-electron chi connectivity index (χ3n) is 4.22. The molecule has 2 rings (SSSR count). The average Bonchev–Trinajstić information content (AvgIpc) is 2.57. The Kier molecular flexibility index (Phi) is 3.81. The van der Waals surface area contributed by atoms with E-state index in [1.165, 1.54) is 19.3 Å². The molecule has 0 spiro atoms. The van der Waals surface area contributed by atoms with Crippen molar-refractivity contribution in [2.45, 2.75) is 52.4 Å². The van der Waals surface area contributed by atoms with Gasteiger partial charge in [-0.3, -0.25) is 9.48 Å². The van der Waals surface area contributed by atoms with Crippen LogP contribution in [0.3, 0.4) is 0 Å². The zero-order valence-electron chi connectivity index (χ0n) is 11.4. The molecule has 1 saturated carbocycles. The van der Waals surface area contributed by atoms with Crippen LogP contribution in [0.25, 0.3) is 0 Å². The number of Topliss-reactive ketones (excluding diaryl/α,β-unsaturated/α-hetero) is 1. The normalized spacial score (nSPS) is 18.9. The number of nitrogens with zero attached hydrogens (tertiary/aromatic N) is 2. The van der Waals surface area contributed by atoms with Gasteiger partial charge in [-0.15, -0.1) is 0 Å². The lowest BCUT2D eigenvalue weighted by atomic mass is 9.72. The molecular weight excluding hydrogens is 248 g/mol. The van der Waals surface area contributed by atoms with E-state index in [0.717, 1.165) is 24.2 Å². The number of halogens is 1. The summed E-state index contributed by atoms with van der Waals surface area (Å²) in [6.07, 6.45) is 6.03. The van der Waals surface area contributed by atoms with Crippen LogP contribution < -0.4 is 0 Å². The molecule has 0 unspecified atom stereocenters. The maximum atomic E-state index is 12.5. The highest BCUT2D eigenvalue weighted by molar-refractivity contribution is 6.32. The van der Waals surface area contributed by atoms with Crippen molar-refractivity contribution in [1.29, 1.82) is 0 Å². The Morgan fingerprint density at radius 1 is 1.39 bits per heavy atom. The quantitative estimate of drug-likeness (QED) is 0.841. The zero-order valence-corrected chi connectivity index (χ0v) is 12.2. The monoisotopic (exact) mass is 268 g/mol. The van der Waals surface area contributed by atoms with E-state index in [9.17, 15) is 4.79 Å². The minimum absolute atomic E-state index is 0.153. The van der Waals surface area contributed by atoms with Gasteiger partial charge in [-0.05, 0) is 19.8 Å². The van der Waals surface area contributed by atoms with Crippen molar-refractivity contribution in [3.63, 3.8) is 0 Å². The Balaban J connectivity index is 2.16. The van der Waals surface area contributed by atoms with Gasteiger partial charge in [0.1, 0.15) is 5.78 Å². The van der Waals surface area contributed by atoms with E-state index in [1.54, 1.807) is 4.68 Å². The van der Waals surface area contributed by atoms with Gasteiger partial charge in [0.15, 0.2) is 0 Å². The van der Waals surface area contributed by atoms with Crippen molar-refractivity contribution >= 4 is 17.4 Å². The maximum absolute atomic E-state index is 12.5. The van der Waals surface area contributed by atoms with E-state index in [0.29, 0.717) is 17.2 Å². The predicted molar refractivity (Wildman–Crippen MR) is 72.9 cm³/mol. The zero-order chi connectivity index (χ0) is 13.3. The van der Waals surface area contributed by atoms with E-state index in [4.69, 9.17) is 11.6 Å². The molecule has 0 atom stereocenters. The van der Waals surface area contributed by atoms with E-state index < -0.39 is 0 Å². The third kappa shape index (κ3) is 2.46. The average molecular weight is 269 g/mol. The summed E-state index contributed by atoms with van der Waals surface area (Å²) in [5.41, 5.74) is 1.50. The first-order chi connectivity index (χ1) is 8.44. The van der Waals surface area contributed by atoms with Gasteiger partial charge in [-0.1, -0.05) is 37.8 Å². The van der Waals surface area contributed by atoms with Crippen molar-refractivity contribution in [2.24, 2.45) is 12.5 Å². The van der Waals surface area contributed by atoms with Gasteiger partial charge in [-0.25, -0.2) is 0 Å². The van der Waals surface area contributed by atoms with Gasteiger partial charge in [0, 0.05) is 12.5 Å². The van der Waals surface area contributed by atoms with Gasteiger partial charge < -0.3 is 0 Å². The van der Waals surface area contributed by atoms with E-state index >= 15 is 0 Å². The summed E-state index contributed by atoms with van der Waals surface area (Å²) in [6.45, 7) is 3.98. The van der Waals surface area contributed by atoms with Gasteiger partial charge in [0.2, 0.25) is 0 Å². The first-order valence-electron chi connectivity index (χ1n) is 6.65. The highest BCUT2D eigenvalue weighted by Crippen LogP contribution is 2.37. The third-order valence-corrected chi connectivity index (χ3v) is 4.71. The Labute approximate surface area is 114 Å². The van der Waals surface area contributed by atoms with Crippen LogP contribution >= 0.6 is 11.6 Å². The second-order valence-electron chi connectivity index (χ2n) is 5.69. The van der Waals surface area contributed by atoms with Crippen LogP contribution in [-0.4, -0.2) is 15.6 Å². The number of rotatable bonds is 3. The molecule has 0 radical (unpaired) electrons. The Hall–Kier alpha value is -0.830. The number of hydrogen-bond acceptors (Lipinski definition) is 2. The highest BCUT2D eigenvalue weighted by Gasteiger charge is 2.34. The first kappa shape index (κ1) is 13.6. The molecule has 4 heteroatoms. The van der Waals surface area contributed by atoms with Crippen molar-refractivity contribution in [1.82, 2.24) is 9.78 Å². The minimum atomic E-state index is -0.153. The van der Waals surface area contributed by atoms with Crippen LogP contribution in [0.1, 0.15) is 50.4 Å². The molecule has 0 bridgehead atoms.